The van der Waals surface area contributed by atoms with E-state index in [9.17, 15) is 64.8 Å². The van der Waals surface area contributed by atoms with Crippen LogP contribution in [0.2, 0.25) is 0 Å². The molecule has 8 fully saturated rings. The standard InChI is InChI=1S/C59H97N3O19/c1-28(13-16-45(68)69)37-14-15-38-46-39(26-44(67)59(37,38)7)58(6)18-17-36(24-35(58)25-40(46)66)76-20-19-60-54(74)34-21-29(2)52(81-57-51(73)50(72)48(70)30(3)77-57)41(23-34)79-56-47(61-31(4)64)53(49(71)43(27-63)80-56)78-42(55(75)62-32(5)65)22-33-11-9-8-10-12-33/h28-30,33-44,46-53,56-57,63,66-67,70-73H,8-27H2,1-7H3,(H,60,74)(H,61,64)(H,68,69)(H,62,65,75)/t28-,29?,30?,34?,35+,36-,37-,38?,39+,40-,41-,42+,43-,44+,46+,47-,48?,49+,50?,51?,52-,53-,56+,57?,58+,59-/m1/s1. The molecule has 0 aromatic rings. The molecule has 8 unspecified atom stereocenters. The van der Waals surface area contributed by atoms with Gasteiger partial charge in [-0.25, -0.2) is 0 Å². The van der Waals surface area contributed by atoms with Crippen molar-refractivity contribution in [2.75, 3.05) is 19.8 Å². The SMILES string of the molecule is CC(=O)NC(=O)[C@H](CC1CCCCC1)O[C@H]1[C@@H](O)[C@@H](CO)O[C@H](O[C@@H]2CC(C(=O)NCCO[C@@H]3CC[C@@]4(C)[C@@H](C3)C[C@@H](O)[C@H]3C5CC[C@H]([C@H](C)CCC(=O)O)[C@@]5(C)[C@@H](O)C[C@@H]34)CC(C)[C@H]2OC2OC(C)C(O)C(O)C2O)[C@@H]1NC(C)=O. The lowest BCUT2D eigenvalue weighted by Gasteiger charge is -2.63. The number of amides is 4. The average molecular weight is 1150 g/mol. The van der Waals surface area contributed by atoms with Gasteiger partial charge in [0.2, 0.25) is 17.7 Å². The summed E-state index contributed by atoms with van der Waals surface area (Å²) in [4.78, 5) is 64.6. The first-order valence-electron chi connectivity index (χ1n) is 30.5. The molecule has 6 aliphatic carbocycles. The molecule has 8 aliphatic rings. The first-order chi connectivity index (χ1) is 38.3. The van der Waals surface area contributed by atoms with E-state index in [1.807, 2.05) is 6.92 Å². The number of ether oxygens (including phenoxy) is 6. The Morgan fingerprint density at radius 1 is 0.765 bits per heavy atom. The zero-order chi connectivity index (χ0) is 58.8. The molecule has 22 nitrogen and oxygen atoms in total. The minimum absolute atomic E-state index is 0.00638. The first-order valence-corrected chi connectivity index (χ1v) is 30.5. The molecule has 2 saturated heterocycles. The lowest BCUT2D eigenvalue weighted by molar-refractivity contribution is -0.337. The fraction of sp³-hybridized carbons (Fsp3) is 0.915. The van der Waals surface area contributed by atoms with Crippen molar-refractivity contribution in [3.8, 4) is 0 Å². The molecule has 22 heteroatoms. The van der Waals surface area contributed by atoms with Crippen molar-refractivity contribution in [3.63, 3.8) is 0 Å². The van der Waals surface area contributed by atoms with E-state index in [0.717, 1.165) is 64.2 Å². The summed E-state index contributed by atoms with van der Waals surface area (Å²) in [5.41, 5.74) is -0.492. The van der Waals surface area contributed by atoms with Crippen molar-refractivity contribution in [3.05, 3.63) is 0 Å². The zero-order valence-electron chi connectivity index (χ0n) is 48.6. The number of carbonyl (C=O) groups is 5. The van der Waals surface area contributed by atoms with E-state index in [1.54, 1.807) is 0 Å². The van der Waals surface area contributed by atoms with Crippen molar-refractivity contribution in [2.24, 2.45) is 64.1 Å². The summed E-state index contributed by atoms with van der Waals surface area (Å²) in [5.74, 6) is -3.30. The smallest absolute Gasteiger partial charge is 0.303 e. The first kappa shape index (κ1) is 64.0. The molecule has 0 spiro atoms. The van der Waals surface area contributed by atoms with Gasteiger partial charge in [-0.1, -0.05) is 59.8 Å². The fourth-order valence-electron chi connectivity index (χ4n) is 17.0. The molecule has 0 aromatic carbocycles. The number of carbonyl (C=O) groups excluding carboxylic acids is 4. The van der Waals surface area contributed by atoms with E-state index in [0.29, 0.717) is 19.3 Å². The van der Waals surface area contributed by atoms with Crippen LogP contribution in [0.1, 0.15) is 158 Å². The molecule has 462 valence electrons. The van der Waals surface area contributed by atoms with Crippen molar-refractivity contribution in [1.29, 1.82) is 0 Å². The molecular formula is C59H97N3O19. The van der Waals surface area contributed by atoms with Crippen LogP contribution < -0.4 is 16.0 Å². The number of aliphatic hydroxyl groups is 7. The van der Waals surface area contributed by atoms with Gasteiger partial charge in [0.25, 0.3) is 5.91 Å². The Balaban J connectivity index is 0.934. The summed E-state index contributed by atoms with van der Waals surface area (Å²) in [5, 5.41) is 96.2. The van der Waals surface area contributed by atoms with Crippen LogP contribution >= 0.6 is 0 Å². The molecule has 2 heterocycles. The Bertz CT molecular complexity index is 2150. The number of hydrogen-bond acceptors (Lipinski definition) is 18. The number of nitrogens with one attached hydrogen (secondary N) is 3. The van der Waals surface area contributed by atoms with Gasteiger partial charge in [-0.15, -0.1) is 0 Å². The van der Waals surface area contributed by atoms with Gasteiger partial charge in [-0.3, -0.25) is 29.3 Å². The number of imide groups is 1. The number of carboxylic acid groups (broad SMARTS) is 1. The van der Waals surface area contributed by atoms with E-state index in [-0.39, 0.29) is 103 Å². The van der Waals surface area contributed by atoms with E-state index >= 15 is 0 Å². The van der Waals surface area contributed by atoms with Gasteiger partial charge in [0.1, 0.15) is 48.8 Å². The van der Waals surface area contributed by atoms with Crippen LogP contribution in [0.5, 0.6) is 0 Å². The van der Waals surface area contributed by atoms with Gasteiger partial charge in [0.15, 0.2) is 12.6 Å². The molecule has 8 rings (SSSR count). The predicted molar refractivity (Wildman–Crippen MR) is 289 cm³/mol. The molecule has 0 aromatic heterocycles. The van der Waals surface area contributed by atoms with Gasteiger partial charge >= 0.3 is 5.97 Å². The molecule has 0 radical (unpaired) electrons. The maximum atomic E-state index is 14.3. The van der Waals surface area contributed by atoms with E-state index in [1.165, 1.54) is 20.8 Å². The third-order valence-electron chi connectivity index (χ3n) is 21.4. The lowest BCUT2D eigenvalue weighted by atomic mass is 9.43. The average Bonchev–Trinajstić information content (AvgIpc) is 2.32. The molecule has 4 amide bonds. The van der Waals surface area contributed by atoms with Crippen LogP contribution in [-0.4, -0.2) is 188 Å². The van der Waals surface area contributed by atoms with Gasteiger partial charge in [0, 0.05) is 32.7 Å². The predicted octanol–water partition coefficient (Wildman–Crippen LogP) is 2.20. The van der Waals surface area contributed by atoms with E-state index in [2.05, 4.69) is 36.7 Å². The highest BCUT2D eigenvalue weighted by Crippen LogP contribution is 2.68. The molecule has 81 heavy (non-hydrogen) atoms. The monoisotopic (exact) mass is 1150 g/mol. The van der Waals surface area contributed by atoms with Gasteiger partial charge in [-0.2, -0.15) is 0 Å². The second-order valence-corrected chi connectivity index (χ2v) is 26.5. The van der Waals surface area contributed by atoms with Crippen molar-refractivity contribution in [1.82, 2.24) is 16.0 Å². The number of fused-ring (bicyclic) bond motifs is 5. The topological polar surface area (TPSA) is 339 Å². The summed E-state index contributed by atoms with van der Waals surface area (Å²) in [7, 11) is 0. The van der Waals surface area contributed by atoms with Crippen LogP contribution in [0.25, 0.3) is 0 Å². The second kappa shape index (κ2) is 27.2. The van der Waals surface area contributed by atoms with Gasteiger partial charge < -0.3 is 79.9 Å². The Morgan fingerprint density at radius 2 is 1.49 bits per heavy atom. The number of hydrogen-bond donors (Lipinski definition) is 11. The largest absolute Gasteiger partial charge is 0.481 e. The molecular weight excluding hydrogens is 1050 g/mol. The summed E-state index contributed by atoms with van der Waals surface area (Å²) >= 11 is 0. The minimum atomic E-state index is -1.68. The summed E-state index contributed by atoms with van der Waals surface area (Å²) < 4.78 is 38.2. The van der Waals surface area contributed by atoms with Crippen LogP contribution in [0.4, 0.5) is 0 Å². The highest BCUT2D eigenvalue weighted by Gasteiger charge is 2.66. The normalized spacial score (nSPS) is 44.4. The summed E-state index contributed by atoms with van der Waals surface area (Å²) in [6, 6.07) is -1.33. The third-order valence-corrected chi connectivity index (χ3v) is 21.4. The van der Waals surface area contributed by atoms with Crippen LogP contribution in [0.15, 0.2) is 0 Å². The second-order valence-electron chi connectivity index (χ2n) is 26.5. The summed E-state index contributed by atoms with van der Waals surface area (Å²) in [6.45, 7) is 12.1. The quantitative estimate of drug-likeness (QED) is 0.0779. The lowest BCUT2D eigenvalue weighted by Crippen LogP contribution is -2.67. The number of aliphatic carboxylic acids is 1. The highest BCUT2D eigenvalue weighted by molar-refractivity contribution is 5.96. The number of rotatable bonds is 20. The fourth-order valence-corrected chi connectivity index (χ4v) is 17.0. The van der Waals surface area contributed by atoms with Gasteiger partial charge in [-0.05, 0) is 136 Å². The Labute approximate surface area is 476 Å². The number of carboxylic acids is 1. The van der Waals surface area contributed by atoms with E-state index < -0.39 is 134 Å². The maximum Gasteiger partial charge on any atom is 0.303 e. The Kier molecular flexibility index (Phi) is 21.5. The highest BCUT2D eigenvalue weighted by atomic mass is 16.7. The third kappa shape index (κ3) is 14.0. The van der Waals surface area contributed by atoms with E-state index in [4.69, 9.17) is 28.4 Å². The maximum absolute atomic E-state index is 14.3. The molecule has 26 atom stereocenters. The zero-order valence-corrected chi connectivity index (χ0v) is 48.6. The molecule has 6 saturated carbocycles. The molecule has 11 N–H and O–H groups in total. The Morgan fingerprint density at radius 3 is 2.17 bits per heavy atom. The summed E-state index contributed by atoms with van der Waals surface area (Å²) in [6.07, 6.45) is -6.30. The number of aliphatic hydroxyl groups excluding tert-OH is 7. The van der Waals surface area contributed by atoms with Crippen molar-refractivity contribution < 1.29 is 93.2 Å². The van der Waals surface area contributed by atoms with Crippen LogP contribution in [-0.2, 0) is 52.4 Å². The molecule has 0 bridgehead atoms. The van der Waals surface area contributed by atoms with Crippen LogP contribution in [0.3, 0.4) is 0 Å². The van der Waals surface area contributed by atoms with Crippen molar-refractivity contribution in [2.45, 2.75) is 256 Å². The molecule has 2 aliphatic heterocycles. The Hall–Kier alpha value is -2.97. The van der Waals surface area contributed by atoms with Gasteiger partial charge in [0.05, 0.1) is 49.8 Å². The van der Waals surface area contributed by atoms with Crippen LogP contribution in [0, 0.1) is 64.1 Å². The minimum Gasteiger partial charge on any atom is -0.481 e. The van der Waals surface area contributed by atoms with Crippen molar-refractivity contribution >= 4 is 29.6 Å².